The fourth-order valence-electron chi connectivity index (χ4n) is 2.12. The van der Waals surface area contributed by atoms with Crippen LogP contribution in [-0.4, -0.2) is 18.0 Å². The van der Waals surface area contributed by atoms with Crippen LogP contribution < -0.4 is 5.73 Å². The van der Waals surface area contributed by atoms with E-state index in [9.17, 15) is 0 Å². The quantitative estimate of drug-likeness (QED) is 0.861. The van der Waals surface area contributed by atoms with E-state index in [1.807, 2.05) is 0 Å². The minimum absolute atomic E-state index is 0.389. The van der Waals surface area contributed by atoms with Crippen LogP contribution in [0.3, 0.4) is 0 Å². The van der Waals surface area contributed by atoms with Gasteiger partial charge in [0, 0.05) is 40.4 Å². The first-order chi connectivity index (χ1) is 9.20. The number of benzene rings is 1. The molecule has 0 bridgehead atoms. The standard InChI is InChI=1S/C15H19BrN2S/c1-12(15-9-14(16)11-19-15)18(8-7-17)10-13-5-3-2-4-6-13/h2-6,9,11-12H,7-8,10,17H2,1H3. The monoisotopic (exact) mass is 338 g/mol. The van der Waals surface area contributed by atoms with Crippen LogP contribution in [0.1, 0.15) is 23.4 Å². The molecule has 0 spiro atoms. The van der Waals surface area contributed by atoms with Gasteiger partial charge in [0.15, 0.2) is 0 Å². The van der Waals surface area contributed by atoms with Crippen molar-refractivity contribution in [2.75, 3.05) is 13.1 Å². The van der Waals surface area contributed by atoms with Crippen molar-refractivity contribution in [1.29, 1.82) is 0 Å². The molecule has 102 valence electrons. The van der Waals surface area contributed by atoms with Gasteiger partial charge in [0.05, 0.1) is 0 Å². The van der Waals surface area contributed by atoms with Crippen LogP contribution in [0.4, 0.5) is 0 Å². The van der Waals surface area contributed by atoms with E-state index in [2.05, 4.69) is 69.5 Å². The van der Waals surface area contributed by atoms with E-state index in [0.717, 1.165) is 17.6 Å². The molecule has 1 unspecified atom stereocenters. The van der Waals surface area contributed by atoms with Crippen molar-refractivity contribution >= 4 is 27.3 Å². The maximum absolute atomic E-state index is 5.76. The second-order valence-corrected chi connectivity index (χ2v) is 6.45. The number of nitrogens with zero attached hydrogens (tertiary/aromatic N) is 1. The van der Waals surface area contributed by atoms with Crippen LogP contribution in [0.2, 0.25) is 0 Å². The van der Waals surface area contributed by atoms with Gasteiger partial charge in [-0.05, 0) is 34.5 Å². The molecule has 0 aliphatic heterocycles. The maximum Gasteiger partial charge on any atom is 0.0417 e. The van der Waals surface area contributed by atoms with E-state index < -0.39 is 0 Å². The number of thiophene rings is 1. The van der Waals surface area contributed by atoms with Crippen LogP contribution in [-0.2, 0) is 6.54 Å². The molecule has 0 radical (unpaired) electrons. The topological polar surface area (TPSA) is 29.3 Å². The Morgan fingerprint density at radius 2 is 2.05 bits per heavy atom. The van der Waals surface area contributed by atoms with Gasteiger partial charge in [0.1, 0.15) is 0 Å². The molecule has 1 heterocycles. The first-order valence-electron chi connectivity index (χ1n) is 6.42. The minimum Gasteiger partial charge on any atom is -0.329 e. The Hall–Kier alpha value is -0.680. The first-order valence-corrected chi connectivity index (χ1v) is 8.10. The first kappa shape index (κ1) is 14.7. The molecule has 4 heteroatoms. The van der Waals surface area contributed by atoms with Gasteiger partial charge in [-0.1, -0.05) is 30.3 Å². The normalized spacial score (nSPS) is 12.8. The Bertz CT molecular complexity index is 498. The number of hydrogen-bond donors (Lipinski definition) is 1. The molecule has 2 aromatic rings. The summed E-state index contributed by atoms with van der Waals surface area (Å²) in [6.07, 6.45) is 0. The number of halogens is 1. The van der Waals surface area contributed by atoms with Crippen LogP contribution in [0.25, 0.3) is 0 Å². The van der Waals surface area contributed by atoms with Gasteiger partial charge in [0.25, 0.3) is 0 Å². The van der Waals surface area contributed by atoms with Crippen LogP contribution in [0.15, 0.2) is 46.3 Å². The summed E-state index contributed by atoms with van der Waals surface area (Å²) in [5.41, 5.74) is 7.09. The predicted octanol–water partition coefficient (Wildman–Crippen LogP) is 4.03. The van der Waals surface area contributed by atoms with Crippen LogP contribution in [0.5, 0.6) is 0 Å². The van der Waals surface area contributed by atoms with E-state index in [1.165, 1.54) is 10.4 Å². The third-order valence-electron chi connectivity index (χ3n) is 3.19. The van der Waals surface area contributed by atoms with Crippen molar-refractivity contribution in [2.45, 2.75) is 19.5 Å². The fraction of sp³-hybridized carbons (Fsp3) is 0.333. The summed E-state index contributed by atoms with van der Waals surface area (Å²) in [5, 5.41) is 2.13. The van der Waals surface area contributed by atoms with Gasteiger partial charge in [-0.2, -0.15) is 0 Å². The van der Waals surface area contributed by atoms with E-state index in [4.69, 9.17) is 5.73 Å². The highest BCUT2D eigenvalue weighted by molar-refractivity contribution is 9.10. The molecule has 1 aromatic heterocycles. The molecule has 1 atom stereocenters. The molecule has 0 fully saturated rings. The highest BCUT2D eigenvalue weighted by Gasteiger charge is 2.17. The van der Waals surface area contributed by atoms with Crippen molar-refractivity contribution in [3.8, 4) is 0 Å². The van der Waals surface area contributed by atoms with Gasteiger partial charge >= 0.3 is 0 Å². The molecule has 19 heavy (non-hydrogen) atoms. The lowest BCUT2D eigenvalue weighted by molar-refractivity contribution is 0.210. The van der Waals surface area contributed by atoms with E-state index in [0.29, 0.717) is 12.6 Å². The maximum atomic E-state index is 5.76. The lowest BCUT2D eigenvalue weighted by Crippen LogP contribution is -2.31. The Morgan fingerprint density at radius 3 is 2.63 bits per heavy atom. The van der Waals surface area contributed by atoms with E-state index >= 15 is 0 Å². The highest BCUT2D eigenvalue weighted by Crippen LogP contribution is 2.29. The molecule has 0 aliphatic carbocycles. The molecule has 0 amide bonds. The highest BCUT2D eigenvalue weighted by atomic mass is 79.9. The van der Waals surface area contributed by atoms with Crippen LogP contribution >= 0.6 is 27.3 Å². The molecular weight excluding hydrogens is 320 g/mol. The minimum atomic E-state index is 0.389. The molecule has 2 nitrogen and oxygen atoms in total. The Labute approximate surface area is 127 Å². The van der Waals surface area contributed by atoms with Crippen molar-refractivity contribution < 1.29 is 0 Å². The van der Waals surface area contributed by atoms with Crippen molar-refractivity contribution in [2.24, 2.45) is 5.73 Å². The van der Waals surface area contributed by atoms with Gasteiger partial charge in [-0.25, -0.2) is 0 Å². The summed E-state index contributed by atoms with van der Waals surface area (Å²) >= 11 is 5.32. The summed E-state index contributed by atoms with van der Waals surface area (Å²) in [4.78, 5) is 3.80. The zero-order valence-corrected chi connectivity index (χ0v) is 13.5. The SMILES string of the molecule is CC(c1cc(Br)cs1)N(CCN)Cc1ccccc1. The fourth-order valence-corrected chi connectivity index (χ4v) is 3.66. The largest absolute Gasteiger partial charge is 0.329 e. The van der Waals surface area contributed by atoms with E-state index in [1.54, 1.807) is 11.3 Å². The van der Waals surface area contributed by atoms with Crippen molar-refractivity contribution in [3.05, 3.63) is 56.7 Å². The van der Waals surface area contributed by atoms with Gasteiger partial charge in [-0.15, -0.1) is 11.3 Å². The van der Waals surface area contributed by atoms with Gasteiger partial charge in [-0.3, -0.25) is 4.90 Å². The smallest absolute Gasteiger partial charge is 0.0417 e. The predicted molar refractivity (Wildman–Crippen MR) is 86.3 cm³/mol. The molecular formula is C15H19BrN2S. The molecule has 2 rings (SSSR count). The summed E-state index contributed by atoms with van der Waals surface area (Å²) in [6.45, 7) is 4.78. The Balaban J connectivity index is 2.11. The van der Waals surface area contributed by atoms with E-state index in [-0.39, 0.29) is 0 Å². The van der Waals surface area contributed by atoms with Gasteiger partial charge in [0.2, 0.25) is 0 Å². The molecule has 0 saturated heterocycles. The second kappa shape index (κ2) is 7.20. The summed E-state index contributed by atoms with van der Waals surface area (Å²) in [6, 6.07) is 13.1. The third kappa shape index (κ3) is 4.14. The number of nitrogens with two attached hydrogens (primary N) is 1. The lowest BCUT2D eigenvalue weighted by atomic mass is 10.1. The third-order valence-corrected chi connectivity index (χ3v) is 5.06. The number of hydrogen-bond acceptors (Lipinski definition) is 3. The average Bonchev–Trinajstić information content (AvgIpc) is 2.85. The number of rotatable bonds is 6. The van der Waals surface area contributed by atoms with Crippen LogP contribution in [0, 0.1) is 0 Å². The molecule has 2 N–H and O–H groups in total. The molecule has 0 saturated carbocycles. The zero-order chi connectivity index (χ0) is 13.7. The second-order valence-electron chi connectivity index (χ2n) is 4.59. The Kier molecular flexibility index (Phi) is 5.58. The molecule has 0 aliphatic rings. The summed E-state index contributed by atoms with van der Waals surface area (Å²) in [5.74, 6) is 0. The van der Waals surface area contributed by atoms with Gasteiger partial charge < -0.3 is 5.73 Å². The summed E-state index contributed by atoms with van der Waals surface area (Å²) in [7, 11) is 0. The summed E-state index contributed by atoms with van der Waals surface area (Å²) < 4.78 is 1.16. The van der Waals surface area contributed by atoms with Crippen molar-refractivity contribution in [1.82, 2.24) is 4.90 Å². The lowest BCUT2D eigenvalue weighted by Gasteiger charge is -2.28. The molecule has 1 aromatic carbocycles. The van der Waals surface area contributed by atoms with Crippen molar-refractivity contribution in [3.63, 3.8) is 0 Å². The average molecular weight is 339 g/mol. The zero-order valence-electron chi connectivity index (χ0n) is 11.1. The Morgan fingerprint density at radius 1 is 1.32 bits per heavy atom.